The average molecular weight is 262 g/mol. The molecule has 2 N–H and O–H groups in total. The van der Waals surface area contributed by atoms with Crippen LogP contribution in [0, 0.1) is 0 Å². The number of rotatable bonds is 5. The molecule has 1 heterocycles. The third-order valence-corrected chi connectivity index (χ3v) is 3.30. The van der Waals surface area contributed by atoms with Gasteiger partial charge < -0.3 is 15.3 Å². The lowest BCUT2D eigenvalue weighted by Crippen LogP contribution is -2.39. The van der Waals surface area contributed by atoms with Gasteiger partial charge in [-0.15, -0.1) is 0 Å². The Morgan fingerprint density at radius 3 is 2.89 bits per heavy atom. The number of carbonyl (C=O) groups excluding carboxylic acids is 1. The molecule has 5 nitrogen and oxygen atoms in total. The van der Waals surface area contributed by atoms with E-state index in [1.165, 1.54) is 10.5 Å². The average Bonchev–Trinajstić information content (AvgIpc) is 2.39. The molecule has 102 valence electrons. The molecule has 0 bridgehead atoms. The van der Waals surface area contributed by atoms with Crippen molar-refractivity contribution in [3.05, 3.63) is 29.3 Å². The normalized spacial score (nSPS) is 14.4. The standard InChI is InChI=1S/C14H18N2O3/c1-15-7-6-10-2-4-12-11(8-10)3-5-13(17)16(12)9-14(18)19/h2,4,8,15H,3,5-7,9H2,1H3,(H,18,19). The van der Waals surface area contributed by atoms with Gasteiger partial charge in [0.05, 0.1) is 0 Å². The number of nitrogens with one attached hydrogen (secondary N) is 1. The Morgan fingerprint density at radius 2 is 2.21 bits per heavy atom. The molecule has 0 atom stereocenters. The lowest BCUT2D eigenvalue weighted by Gasteiger charge is -2.28. The number of carbonyl (C=O) groups is 2. The number of anilines is 1. The van der Waals surface area contributed by atoms with Gasteiger partial charge in [0.25, 0.3) is 0 Å². The summed E-state index contributed by atoms with van der Waals surface area (Å²) in [6.45, 7) is 0.637. The zero-order valence-electron chi connectivity index (χ0n) is 11.0. The van der Waals surface area contributed by atoms with Crippen LogP contribution in [0.1, 0.15) is 17.5 Å². The van der Waals surface area contributed by atoms with Crippen molar-refractivity contribution in [3.63, 3.8) is 0 Å². The van der Waals surface area contributed by atoms with Crippen molar-refractivity contribution in [2.45, 2.75) is 19.3 Å². The number of carboxylic acids is 1. The number of nitrogens with zero attached hydrogens (tertiary/aromatic N) is 1. The smallest absolute Gasteiger partial charge is 0.323 e. The maximum Gasteiger partial charge on any atom is 0.323 e. The highest BCUT2D eigenvalue weighted by Gasteiger charge is 2.25. The van der Waals surface area contributed by atoms with Gasteiger partial charge >= 0.3 is 5.97 Å². The molecule has 0 saturated carbocycles. The molecule has 0 fully saturated rings. The van der Waals surface area contributed by atoms with Gasteiger partial charge in [-0.1, -0.05) is 12.1 Å². The van der Waals surface area contributed by atoms with Crippen LogP contribution in [0.15, 0.2) is 18.2 Å². The van der Waals surface area contributed by atoms with Gasteiger partial charge in [-0.05, 0) is 43.6 Å². The fourth-order valence-corrected chi connectivity index (χ4v) is 2.35. The highest BCUT2D eigenvalue weighted by atomic mass is 16.4. The monoisotopic (exact) mass is 262 g/mol. The molecule has 2 rings (SSSR count). The largest absolute Gasteiger partial charge is 0.480 e. The zero-order chi connectivity index (χ0) is 13.8. The minimum atomic E-state index is -0.986. The summed E-state index contributed by atoms with van der Waals surface area (Å²) in [7, 11) is 1.91. The van der Waals surface area contributed by atoms with E-state index in [-0.39, 0.29) is 12.5 Å². The molecule has 0 saturated heterocycles. The van der Waals surface area contributed by atoms with E-state index < -0.39 is 5.97 Å². The number of carboxylic acid groups (broad SMARTS) is 1. The summed E-state index contributed by atoms with van der Waals surface area (Å²) in [5.74, 6) is -1.10. The second-order valence-electron chi connectivity index (χ2n) is 4.69. The molecule has 1 aliphatic rings. The van der Waals surface area contributed by atoms with Crippen molar-refractivity contribution in [1.29, 1.82) is 0 Å². The van der Waals surface area contributed by atoms with E-state index in [4.69, 9.17) is 5.11 Å². The zero-order valence-corrected chi connectivity index (χ0v) is 11.0. The molecule has 5 heteroatoms. The van der Waals surface area contributed by atoms with Crippen LogP contribution in [0.2, 0.25) is 0 Å². The SMILES string of the molecule is CNCCc1ccc2c(c1)CCC(=O)N2CC(=O)O. The minimum absolute atomic E-state index is 0.113. The molecule has 0 spiro atoms. The van der Waals surface area contributed by atoms with Crippen LogP contribution < -0.4 is 10.2 Å². The van der Waals surface area contributed by atoms with E-state index in [2.05, 4.69) is 11.4 Å². The predicted molar refractivity (Wildman–Crippen MR) is 72.4 cm³/mol. The fraction of sp³-hybridized carbons (Fsp3) is 0.429. The van der Waals surface area contributed by atoms with Gasteiger partial charge in [-0.2, -0.15) is 0 Å². The highest BCUT2D eigenvalue weighted by Crippen LogP contribution is 2.28. The number of aryl methyl sites for hydroxylation is 1. The lowest BCUT2D eigenvalue weighted by atomic mass is 9.97. The summed E-state index contributed by atoms with van der Waals surface area (Å²) < 4.78 is 0. The van der Waals surface area contributed by atoms with Crippen LogP contribution in [-0.2, 0) is 22.4 Å². The first-order chi connectivity index (χ1) is 9.11. The van der Waals surface area contributed by atoms with Gasteiger partial charge in [0.15, 0.2) is 0 Å². The van der Waals surface area contributed by atoms with Gasteiger partial charge in [-0.25, -0.2) is 0 Å². The van der Waals surface area contributed by atoms with Gasteiger partial charge in [0.1, 0.15) is 6.54 Å². The highest BCUT2D eigenvalue weighted by molar-refractivity contribution is 5.99. The maximum atomic E-state index is 11.8. The summed E-state index contributed by atoms with van der Waals surface area (Å²) in [6, 6.07) is 5.90. The number of benzene rings is 1. The molecule has 0 aromatic heterocycles. The van der Waals surface area contributed by atoms with Crippen molar-refractivity contribution < 1.29 is 14.7 Å². The number of aliphatic carboxylic acids is 1. The Morgan fingerprint density at radius 1 is 1.42 bits per heavy atom. The first-order valence-electron chi connectivity index (χ1n) is 6.40. The molecule has 0 radical (unpaired) electrons. The van der Waals surface area contributed by atoms with E-state index in [0.29, 0.717) is 12.8 Å². The van der Waals surface area contributed by atoms with Crippen molar-refractivity contribution >= 4 is 17.6 Å². The number of likely N-dealkylation sites (N-methyl/N-ethyl adjacent to an activating group) is 1. The van der Waals surface area contributed by atoms with Crippen molar-refractivity contribution in [1.82, 2.24) is 5.32 Å². The summed E-state index contributed by atoms with van der Waals surface area (Å²) in [5.41, 5.74) is 3.01. The number of fused-ring (bicyclic) bond motifs is 1. The van der Waals surface area contributed by atoms with Crippen molar-refractivity contribution in [2.75, 3.05) is 25.0 Å². The van der Waals surface area contributed by atoms with Gasteiger partial charge in [0, 0.05) is 12.1 Å². The van der Waals surface area contributed by atoms with Crippen LogP contribution in [0.25, 0.3) is 0 Å². The third kappa shape index (κ3) is 3.12. The third-order valence-electron chi connectivity index (χ3n) is 3.30. The summed E-state index contributed by atoms with van der Waals surface area (Å²) in [6.07, 6.45) is 2.00. The lowest BCUT2D eigenvalue weighted by molar-refractivity contribution is -0.136. The summed E-state index contributed by atoms with van der Waals surface area (Å²) >= 11 is 0. The van der Waals surface area contributed by atoms with Crippen LogP contribution >= 0.6 is 0 Å². The van der Waals surface area contributed by atoms with E-state index in [9.17, 15) is 9.59 Å². The number of amides is 1. The molecule has 1 amide bonds. The second kappa shape index (κ2) is 5.84. The molecule has 1 aromatic rings. The Balaban J connectivity index is 2.25. The molecule has 1 aromatic carbocycles. The minimum Gasteiger partial charge on any atom is -0.480 e. The topological polar surface area (TPSA) is 69.6 Å². The Hall–Kier alpha value is -1.88. The molecule has 0 aliphatic carbocycles. The Labute approximate surface area is 112 Å². The van der Waals surface area contributed by atoms with Crippen molar-refractivity contribution in [3.8, 4) is 0 Å². The Kier molecular flexibility index (Phi) is 4.16. The van der Waals surface area contributed by atoms with Gasteiger partial charge in [0.2, 0.25) is 5.91 Å². The van der Waals surface area contributed by atoms with E-state index in [0.717, 1.165) is 24.2 Å². The Bertz CT molecular complexity index is 499. The molecule has 0 unspecified atom stereocenters. The van der Waals surface area contributed by atoms with Crippen molar-refractivity contribution in [2.24, 2.45) is 0 Å². The van der Waals surface area contributed by atoms with Crippen LogP contribution in [0.5, 0.6) is 0 Å². The number of hydrogen-bond donors (Lipinski definition) is 2. The van der Waals surface area contributed by atoms with Crippen LogP contribution in [-0.4, -0.2) is 37.1 Å². The van der Waals surface area contributed by atoms with Gasteiger partial charge in [-0.3, -0.25) is 9.59 Å². The molecule has 1 aliphatic heterocycles. The second-order valence-corrected chi connectivity index (χ2v) is 4.69. The summed E-state index contributed by atoms with van der Waals surface area (Å²) in [5, 5.41) is 12.0. The molecular weight excluding hydrogens is 244 g/mol. The summed E-state index contributed by atoms with van der Waals surface area (Å²) in [4.78, 5) is 24.0. The van der Waals surface area contributed by atoms with E-state index in [1.54, 1.807) is 0 Å². The quantitative estimate of drug-likeness (QED) is 0.824. The van der Waals surface area contributed by atoms with Crippen LogP contribution in [0.4, 0.5) is 5.69 Å². The first kappa shape index (κ1) is 13.5. The number of hydrogen-bond acceptors (Lipinski definition) is 3. The molecular formula is C14H18N2O3. The van der Waals surface area contributed by atoms with Crippen LogP contribution in [0.3, 0.4) is 0 Å². The molecule has 19 heavy (non-hydrogen) atoms. The first-order valence-corrected chi connectivity index (χ1v) is 6.40. The van der Waals surface area contributed by atoms with E-state index >= 15 is 0 Å². The predicted octanol–water partition coefficient (Wildman–Crippen LogP) is 0.812. The maximum absolute atomic E-state index is 11.8. The fourth-order valence-electron chi connectivity index (χ4n) is 2.35. The van der Waals surface area contributed by atoms with E-state index in [1.807, 2.05) is 19.2 Å².